The van der Waals surface area contributed by atoms with Gasteiger partial charge in [-0.05, 0) is 77.0 Å². The molecule has 0 saturated heterocycles. The predicted molar refractivity (Wildman–Crippen MR) is 108 cm³/mol. The van der Waals surface area contributed by atoms with Gasteiger partial charge in [0, 0.05) is 26.8 Å². The van der Waals surface area contributed by atoms with Crippen LogP contribution in [0.2, 0.25) is 0 Å². The van der Waals surface area contributed by atoms with Crippen molar-refractivity contribution in [1.29, 1.82) is 0 Å². The Bertz CT molecular complexity index is 962. The Kier molecular flexibility index (Phi) is 4.49. The highest BCUT2D eigenvalue weighted by molar-refractivity contribution is 14.1. The molecule has 3 aromatic carbocycles. The maximum Gasteiger partial charge on any atom is 0.154 e. The SMILES string of the molecule is Cc1cc(I)ccc1C1(OCO)c2ccc(O)cc2Oc2cc(O)ccc21. The lowest BCUT2D eigenvalue weighted by molar-refractivity contribution is -0.0819. The lowest BCUT2D eigenvalue weighted by Crippen LogP contribution is -2.37. The van der Waals surface area contributed by atoms with Gasteiger partial charge in [0.1, 0.15) is 29.8 Å². The van der Waals surface area contributed by atoms with Gasteiger partial charge in [-0.15, -0.1) is 0 Å². The number of benzene rings is 3. The van der Waals surface area contributed by atoms with Crippen molar-refractivity contribution in [2.24, 2.45) is 0 Å². The Hall–Kier alpha value is -2.29. The van der Waals surface area contributed by atoms with E-state index in [0.717, 1.165) is 14.7 Å². The number of halogens is 1. The highest BCUT2D eigenvalue weighted by Crippen LogP contribution is 2.54. The molecule has 0 radical (unpaired) electrons. The number of fused-ring (bicyclic) bond motifs is 2. The number of aromatic hydroxyl groups is 2. The van der Waals surface area contributed by atoms with Crippen LogP contribution >= 0.6 is 22.6 Å². The minimum Gasteiger partial charge on any atom is -0.508 e. The zero-order valence-corrected chi connectivity index (χ0v) is 16.6. The van der Waals surface area contributed by atoms with Gasteiger partial charge < -0.3 is 24.8 Å². The second-order valence-corrected chi connectivity index (χ2v) is 7.62. The predicted octanol–water partition coefficient (Wildman–Crippen LogP) is 4.37. The third-order valence-electron chi connectivity index (χ3n) is 4.76. The van der Waals surface area contributed by atoms with Gasteiger partial charge in [0.05, 0.1) is 0 Å². The summed E-state index contributed by atoms with van der Waals surface area (Å²) in [5.41, 5.74) is 2.01. The fraction of sp³-hybridized carbons (Fsp3) is 0.143. The van der Waals surface area contributed by atoms with Crippen molar-refractivity contribution in [3.05, 3.63) is 80.4 Å². The highest BCUT2D eigenvalue weighted by Gasteiger charge is 2.46. The number of rotatable bonds is 3. The zero-order valence-electron chi connectivity index (χ0n) is 14.4. The van der Waals surface area contributed by atoms with Gasteiger partial charge in [-0.3, -0.25) is 0 Å². The van der Waals surface area contributed by atoms with Crippen molar-refractivity contribution in [3.8, 4) is 23.0 Å². The maximum absolute atomic E-state index is 9.93. The Morgan fingerprint density at radius 2 is 1.44 bits per heavy atom. The van der Waals surface area contributed by atoms with E-state index in [1.807, 2.05) is 25.1 Å². The number of aliphatic hydroxyl groups excluding tert-OH is 1. The fourth-order valence-corrected chi connectivity index (χ4v) is 4.33. The van der Waals surface area contributed by atoms with Crippen molar-refractivity contribution in [3.63, 3.8) is 0 Å². The maximum atomic E-state index is 9.93. The lowest BCUT2D eigenvalue weighted by Gasteiger charge is -2.40. The van der Waals surface area contributed by atoms with E-state index in [4.69, 9.17) is 9.47 Å². The normalized spacial score (nSPS) is 14.2. The summed E-state index contributed by atoms with van der Waals surface area (Å²) in [6.45, 7) is 1.46. The summed E-state index contributed by atoms with van der Waals surface area (Å²) in [5.74, 6) is 0.906. The molecule has 0 bridgehead atoms. The molecular formula is C21H17IO5. The topological polar surface area (TPSA) is 79.2 Å². The molecule has 0 aliphatic carbocycles. The summed E-state index contributed by atoms with van der Waals surface area (Å²) in [6.07, 6.45) is 0. The van der Waals surface area contributed by atoms with Crippen molar-refractivity contribution in [1.82, 2.24) is 0 Å². The van der Waals surface area contributed by atoms with Crippen LogP contribution in [0.1, 0.15) is 22.3 Å². The number of aliphatic hydroxyl groups is 1. The fourth-order valence-electron chi connectivity index (χ4n) is 3.68. The van der Waals surface area contributed by atoms with Crippen molar-refractivity contribution < 1.29 is 24.8 Å². The number of phenolic OH excluding ortho intramolecular Hbond substituents is 2. The number of hydrogen-bond donors (Lipinski definition) is 3. The van der Waals surface area contributed by atoms with E-state index in [2.05, 4.69) is 22.6 Å². The molecule has 1 aliphatic rings. The number of phenols is 2. The first-order valence-electron chi connectivity index (χ1n) is 8.32. The van der Waals surface area contributed by atoms with Gasteiger partial charge in [0.2, 0.25) is 0 Å². The van der Waals surface area contributed by atoms with Crippen LogP contribution in [-0.4, -0.2) is 22.1 Å². The van der Waals surface area contributed by atoms with Crippen molar-refractivity contribution in [2.45, 2.75) is 12.5 Å². The van der Waals surface area contributed by atoms with Crippen LogP contribution in [0.3, 0.4) is 0 Å². The van der Waals surface area contributed by atoms with E-state index >= 15 is 0 Å². The Balaban J connectivity index is 2.11. The van der Waals surface area contributed by atoms with Crippen LogP contribution in [0.4, 0.5) is 0 Å². The molecule has 4 rings (SSSR count). The van der Waals surface area contributed by atoms with Gasteiger partial charge in [-0.1, -0.05) is 6.07 Å². The molecule has 0 unspecified atom stereocenters. The van der Waals surface area contributed by atoms with Gasteiger partial charge in [0.15, 0.2) is 5.60 Å². The second kappa shape index (κ2) is 6.70. The van der Waals surface area contributed by atoms with Gasteiger partial charge >= 0.3 is 0 Å². The van der Waals surface area contributed by atoms with Crippen LogP contribution in [0.15, 0.2) is 54.6 Å². The van der Waals surface area contributed by atoms with Crippen molar-refractivity contribution >= 4 is 22.6 Å². The molecule has 0 aromatic heterocycles. The van der Waals surface area contributed by atoms with E-state index < -0.39 is 12.4 Å². The summed E-state index contributed by atoms with van der Waals surface area (Å²) >= 11 is 2.25. The van der Waals surface area contributed by atoms with Gasteiger partial charge in [-0.25, -0.2) is 0 Å². The Morgan fingerprint density at radius 1 is 0.889 bits per heavy atom. The molecule has 0 atom stereocenters. The molecule has 3 aromatic rings. The first-order valence-corrected chi connectivity index (χ1v) is 9.40. The minimum absolute atomic E-state index is 0.0505. The standard InChI is InChI=1S/C21H17IO5/c1-12-8-13(22)2-5-16(12)21(26-11-23)17-6-3-14(24)9-19(17)27-20-10-15(25)4-7-18(20)21/h2-10,23-25H,11H2,1H3. The highest BCUT2D eigenvalue weighted by atomic mass is 127. The molecular weight excluding hydrogens is 459 g/mol. The average Bonchev–Trinajstić information content (AvgIpc) is 2.61. The molecule has 0 amide bonds. The quantitative estimate of drug-likeness (QED) is 0.387. The first kappa shape index (κ1) is 18.1. The Labute approximate surface area is 170 Å². The number of hydrogen-bond acceptors (Lipinski definition) is 5. The second-order valence-electron chi connectivity index (χ2n) is 6.38. The van der Waals surface area contributed by atoms with E-state index in [-0.39, 0.29) is 11.5 Å². The monoisotopic (exact) mass is 476 g/mol. The third kappa shape index (κ3) is 2.84. The largest absolute Gasteiger partial charge is 0.508 e. The van der Waals surface area contributed by atoms with Crippen LogP contribution in [0.25, 0.3) is 0 Å². The summed E-state index contributed by atoms with van der Waals surface area (Å²) in [7, 11) is 0. The van der Waals surface area contributed by atoms with E-state index in [1.165, 1.54) is 12.1 Å². The van der Waals surface area contributed by atoms with E-state index in [1.54, 1.807) is 24.3 Å². The zero-order chi connectivity index (χ0) is 19.2. The molecule has 6 heteroatoms. The first-order chi connectivity index (χ1) is 13.0. The molecule has 0 saturated carbocycles. The molecule has 138 valence electrons. The Morgan fingerprint density at radius 3 is 1.96 bits per heavy atom. The lowest BCUT2D eigenvalue weighted by atomic mass is 9.76. The van der Waals surface area contributed by atoms with Crippen LogP contribution in [0.5, 0.6) is 23.0 Å². The molecule has 1 aliphatic heterocycles. The summed E-state index contributed by atoms with van der Waals surface area (Å²) in [5, 5.41) is 29.7. The molecule has 1 heterocycles. The number of aryl methyl sites for hydroxylation is 1. The molecule has 3 N–H and O–H groups in total. The third-order valence-corrected chi connectivity index (χ3v) is 5.43. The van der Waals surface area contributed by atoms with E-state index in [9.17, 15) is 15.3 Å². The molecule has 0 spiro atoms. The van der Waals surface area contributed by atoms with Crippen molar-refractivity contribution in [2.75, 3.05) is 6.79 Å². The summed E-state index contributed by atoms with van der Waals surface area (Å²) in [4.78, 5) is 0. The van der Waals surface area contributed by atoms with Crippen LogP contribution in [-0.2, 0) is 10.3 Å². The summed E-state index contributed by atoms with van der Waals surface area (Å²) in [6, 6.07) is 15.6. The number of ether oxygens (including phenoxy) is 2. The minimum atomic E-state index is -1.15. The van der Waals surface area contributed by atoms with Gasteiger partial charge in [-0.2, -0.15) is 0 Å². The van der Waals surface area contributed by atoms with E-state index in [0.29, 0.717) is 22.6 Å². The van der Waals surface area contributed by atoms with Gasteiger partial charge in [0.25, 0.3) is 0 Å². The molecule has 27 heavy (non-hydrogen) atoms. The smallest absolute Gasteiger partial charge is 0.154 e. The summed E-state index contributed by atoms with van der Waals surface area (Å²) < 4.78 is 13.0. The average molecular weight is 476 g/mol. The molecule has 0 fully saturated rings. The molecule has 5 nitrogen and oxygen atoms in total. The van der Waals surface area contributed by atoms with Crippen LogP contribution < -0.4 is 4.74 Å². The van der Waals surface area contributed by atoms with Crippen LogP contribution in [0, 0.1) is 10.5 Å².